The van der Waals surface area contributed by atoms with Crippen molar-refractivity contribution in [3.05, 3.63) is 11.3 Å². The summed E-state index contributed by atoms with van der Waals surface area (Å²) in [6.45, 7) is 3.50. The number of aliphatic hydroxyl groups is 1. The van der Waals surface area contributed by atoms with E-state index in [2.05, 4.69) is 21.2 Å². The van der Waals surface area contributed by atoms with Gasteiger partial charge in [-0.2, -0.15) is 10.4 Å². The number of nitrogens with zero attached hydrogens (tertiary/aromatic N) is 3. The molecule has 1 rings (SSSR count). The normalized spacial score (nSPS) is 12.6. The second-order valence-electron chi connectivity index (χ2n) is 4.50. The van der Waals surface area contributed by atoms with Crippen LogP contribution in [0.15, 0.2) is 0 Å². The van der Waals surface area contributed by atoms with Crippen LogP contribution in [0.4, 0.5) is 5.82 Å². The van der Waals surface area contributed by atoms with Crippen molar-refractivity contribution in [3.63, 3.8) is 0 Å². The summed E-state index contributed by atoms with van der Waals surface area (Å²) < 4.78 is 0. The van der Waals surface area contributed by atoms with E-state index in [1.54, 1.807) is 0 Å². The Labute approximate surface area is 107 Å². The number of anilines is 1. The van der Waals surface area contributed by atoms with Gasteiger partial charge in [-0.25, -0.2) is 0 Å². The van der Waals surface area contributed by atoms with E-state index in [4.69, 9.17) is 11.0 Å². The monoisotopic (exact) mass is 251 g/mol. The van der Waals surface area contributed by atoms with Gasteiger partial charge in [-0.15, -0.1) is 0 Å². The maximum atomic E-state index is 9.51. The molecule has 0 bridgehead atoms. The molecule has 6 heteroatoms. The Morgan fingerprint density at radius 2 is 2.33 bits per heavy atom. The Morgan fingerprint density at radius 1 is 1.61 bits per heavy atom. The van der Waals surface area contributed by atoms with Crippen LogP contribution in [0.5, 0.6) is 0 Å². The molecule has 0 aliphatic heterocycles. The molecule has 0 saturated heterocycles. The topological polar surface area (TPSA) is 102 Å². The highest BCUT2D eigenvalue weighted by Gasteiger charge is 2.10. The molecule has 0 saturated carbocycles. The van der Waals surface area contributed by atoms with E-state index >= 15 is 0 Å². The predicted octanol–water partition coefficient (Wildman–Crippen LogP) is 0.499. The van der Waals surface area contributed by atoms with Crippen molar-refractivity contribution in [1.82, 2.24) is 15.1 Å². The fraction of sp³-hybridized carbons (Fsp3) is 0.667. The van der Waals surface area contributed by atoms with Crippen LogP contribution in [-0.2, 0) is 6.42 Å². The minimum atomic E-state index is -0.271. The van der Waals surface area contributed by atoms with Crippen molar-refractivity contribution < 1.29 is 5.11 Å². The molecule has 1 aromatic heterocycles. The van der Waals surface area contributed by atoms with Crippen molar-refractivity contribution in [2.24, 2.45) is 0 Å². The highest BCUT2D eigenvalue weighted by molar-refractivity contribution is 5.50. The van der Waals surface area contributed by atoms with Crippen LogP contribution in [0.2, 0.25) is 0 Å². The number of rotatable bonds is 7. The smallest absolute Gasteiger partial charge is 0.163 e. The second-order valence-corrected chi connectivity index (χ2v) is 4.50. The van der Waals surface area contributed by atoms with Crippen molar-refractivity contribution in [2.45, 2.75) is 32.3 Å². The number of hydrogen-bond donors (Lipinski definition) is 3. The van der Waals surface area contributed by atoms with E-state index < -0.39 is 0 Å². The zero-order chi connectivity index (χ0) is 13.5. The van der Waals surface area contributed by atoms with Gasteiger partial charge >= 0.3 is 0 Å². The molecule has 0 unspecified atom stereocenters. The molecular formula is C12H21N5O. The summed E-state index contributed by atoms with van der Waals surface area (Å²) in [6, 6.07) is 2.05. The number of hydrogen-bond acceptors (Lipinski definition) is 5. The highest BCUT2D eigenvalue weighted by Crippen LogP contribution is 2.13. The summed E-state index contributed by atoms with van der Waals surface area (Å²) in [5, 5.41) is 25.0. The van der Waals surface area contributed by atoms with Crippen LogP contribution >= 0.6 is 0 Å². The van der Waals surface area contributed by atoms with Crippen LogP contribution in [-0.4, -0.2) is 46.4 Å². The van der Waals surface area contributed by atoms with Gasteiger partial charge in [0.25, 0.3) is 0 Å². The van der Waals surface area contributed by atoms with Crippen molar-refractivity contribution >= 4 is 5.82 Å². The molecule has 1 heterocycles. The molecule has 4 N–H and O–H groups in total. The summed E-state index contributed by atoms with van der Waals surface area (Å²) >= 11 is 0. The van der Waals surface area contributed by atoms with Crippen molar-refractivity contribution in [2.75, 3.05) is 25.9 Å². The van der Waals surface area contributed by atoms with Crippen molar-refractivity contribution in [1.29, 1.82) is 5.26 Å². The van der Waals surface area contributed by atoms with Crippen LogP contribution < -0.4 is 5.73 Å². The van der Waals surface area contributed by atoms with E-state index in [0.29, 0.717) is 12.1 Å². The number of nitriles is 1. The van der Waals surface area contributed by atoms with Crippen LogP contribution in [0.1, 0.15) is 31.0 Å². The van der Waals surface area contributed by atoms with Gasteiger partial charge in [0.05, 0.1) is 11.8 Å². The predicted molar refractivity (Wildman–Crippen MR) is 69.8 cm³/mol. The Bertz CT molecular complexity index is 409. The fourth-order valence-corrected chi connectivity index (χ4v) is 1.81. The largest absolute Gasteiger partial charge is 0.392 e. The molecule has 6 nitrogen and oxygen atoms in total. The van der Waals surface area contributed by atoms with Crippen LogP contribution in [0, 0.1) is 11.3 Å². The Balaban J connectivity index is 2.36. The van der Waals surface area contributed by atoms with Gasteiger partial charge < -0.3 is 15.7 Å². The number of nitrogens with two attached hydrogens (primary N) is 1. The standard InChI is InChI=1S/C12H21N5O/c1-3-9(18)8-17(2)6-4-5-11-10(7-13)12(14)16-15-11/h9,18H,3-6,8H2,1-2H3,(H3,14,15,16)/t9-/m1/s1. The SMILES string of the molecule is CC[C@@H](O)CN(C)CCCc1[nH]nc(N)c1C#N. The second kappa shape index (κ2) is 6.99. The number of H-pyrrole nitrogens is 1. The first kappa shape index (κ1) is 14.5. The third kappa shape index (κ3) is 4.02. The van der Waals surface area contributed by atoms with E-state index in [-0.39, 0.29) is 11.9 Å². The number of aromatic amines is 1. The van der Waals surface area contributed by atoms with Gasteiger partial charge in [0.2, 0.25) is 0 Å². The number of nitrogen functional groups attached to an aromatic ring is 1. The number of likely N-dealkylation sites (N-methyl/N-ethyl adjacent to an activating group) is 1. The summed E-state index contributed by atoms with van der Waals surface area (Å²) in [6.07, 6.45) is 2.12. The first-order valence-electron chi connectivity index (χ1n) is 6.17. The van der Waals surface area contributed by atoms with Gasteiger partial charge in [0.1, 0.15) is 11.6 Å². The summed E-state index contributed by atoms with van der Waals surface area (Å²) in [5.41, 5.74) is 6.80. The lowest BCUT2D eigenvalue weighted by molar-refractivity contribution is 0.122. The molecule has 100 valence electrons. The van der Waals surface area contributed by atoms with Crippen LogP contribution in [0.3, 0.4) is 0 Å². The summed E-state index contributed by atoms with van der Waals surface area (Å²) in [5.74, 6) is 0.266. The lowest BCUT2D eigenvalue weighted by Gasteiger charge is -2.19. The maximum Gasteiger partial charge on any atom is 0.163 e. The number of aliphatic hydroxyl groups excluding tert-OH is 1. The molecular weight excluding hydrogens is 230 g/mol. The fourth-order valence-electron chi connectivity index (χ4n) is 1.81. The van der Waals surface area contributed by atoms with E-state index in [0.717, 1.165) is 31.5 Å². The first-order chi connectivity index (χ1) is 8.58. The molecule has 0 amide bonds. The molecule has 0 aromatic carbocycles. The zero-order valence-electron chi connectivity index (χ0n) is 11.0. The van der Waals surface area contributed by atoms with E-state index in [1.807, 2.05) is 14.0 Å². The zero-order valence-corrected chi connectivity index (χ0v) is 11.0. The van der Waals surface area contributed by atoms with Crippen molar-refractivity contribution in [3.8, 4) is 6.07 Å². The summed E-state index contributed by atoms with van der Waals surface area (Å²) in [7, 11) is 1.98. The molecule has 0 aliphatic rings. The molecule has 0 radical (unpaired) electrons. The molecule has 0 fully saturated rings. The van der Waals surface area contributed by atoms with Gasteiger partial charge in [-0.3, -0.25) is 5.10 Å². The van der Waals surface area contributed by atoms with E-state index in [9.17, 15) is 5.11 Å². The molecule has 1 aromatic rings. The average molecular weight is 251 g/mol. The maximum absolute atomic E-state index is 9.51. The average Bonchev–Trinajstić information content (AvgIpc) is 2.69. The minimum absolute atomic E-state index is 0.266. The Morgan fingerprint density at radius 3 is 2.94 bits per heavy atom. The molecule has 1 atom stereocenters. The lowest BCUT2D eigenvalue weighted by Crippen LogP contribution is -2.29. The van der Waals surface area contributed by atoms with Crippen LogP contribution in [0.25, 0.3) is 0 Å². The highest BCUT2D eigenvalue weighted by atomic mass is 16.3. The number of aryl methyl sites for hydroxylation is 1. The van der Waals surface area contributed by atoms with Gasteiger partial charge in [0, 0.05) is 6.54 Å². The molecule has 0 spiro atoms. The number of nitrogens with one attached hydrogen (secondary N) is 1. The molecule has 18 heavy (non-hydrogen) atoms. The first-order valence-corrected chi connectivity index (χ1v) is 6.17. The Kier molecular flexibility index (Phi) is 5.62. The van der Waals surface area contributed by atoms with Gasteiger partial charge in [0.15, 0.2) is 5.82 Å². The van der Waals surface area contributed by atoms with E-state index in [1.165, 1.54) is 0 Å². The minimum Gasteiger partial charge on any atom is -0.392 e. The third-order valence-electron chi connectivity index (χ3n) is 2.94. The van der Waals surface area contributed by atoms with Gasteiger partial charge in [-0.05, 0) is 32.9 Å². The van der Waals surface area contributed by atoms with Gasteiger partial charge in [-0.1, -0.05) is 6.92 Å². The molecule has 0 aliphatic carbocycles. The quantitative estimate of drug-likeness (QED) is 0.655. The lowest BCUT2D eigenvalue weighted by atomic mass is 10.1. The summed E-state index contributed by atoms with van der Waals surface area (Å²) in [4.78, 5) is 2.08. The Hall–Kier alpha value is -1.58. The number of aromatic nitrogens is 2. The third-order valence-corrected chi connectivity index (χ3v) is 2.94.